The van der Waals surface area contributed by atoms with Crippen LogP contribution in [0.5, 0.6) is 0 Å². The maximum Gasteiger partial charge on any atom is 0.269 e. The molecule has 0 radical (unpaired) electrons. The van der Waals surface area contributed by atoms with Gasteiger partial charge in [-0.25, -0.2) is 31.7 Å². The number of nitrogens with zero attached hydrogens (tertiary/aromatic N) is 1. The Morgan fingerprint density at radius 1 is 1.47 bits per heavy atom. The highest BCUT2D eigenvalue weighted by Gasteiger charge is 2.26. The zero-order chi connectivity index (χ0) is 11.8. The minimum Gasteiger partial charge on any atom is -0.240 e. The fourth-order valence-electron chi connectivity index (χ4n) is 1.03. The molecule has 0 saturated carbocycles. The van der Waals surface area contributed by atoms with Crippen LogP contribution < -0.4 is 5.14 Å². The molecule has 1 heterocycles. The van der Waals surface area contributed by atoms with E-state index >= 15 is 0 Å². The van der Waals surface area contributed by atoms with Crippen LogP contribution in [0.4, 0.5) is 13.2 Å². The van der Waals surface area contributed by atoms with E-state index in [9.17, 15) is 21.6 Å². The second kappa shape index (κ2) is 3.78. The van der Waals surface area contributed by atoms with Gasteiger partial charge in [-0.1, -0.05) is 0 Å². The zero-order valence-corrected chi connectivity index (χ0v) is 8.35. The number of aryl methyl sites for hydroxylation is 1. The number of rotatable bonds is 2. The fraction of sp³-hybridized carbons (Fsp3) is 0.286. The Hall–Kier alpha value is -1.15. The van der Waals surface area contributed by atoms with Gasteiger partial charge in [0.1, 0.15) is 5.82 Å². The third kappa shape index (κ3) is 2.45. The maximum absolute atomic E-state index is 13.1. The Labute approximate surface area is 84.0 Å². The van der Waals surface area contributed by atoms with E-state index in [0.29, 0.717) is 0 Å². The minimum absolute atomic E-state index is 0.0408. The SMILES string of the molecule is Cc1cc(F)c(C(F)F)c(S(N)(=O)=O)n1. The molecule has 0 aliphatic heterocycles. The van der Waals surface area contributed by atoms with Crippen LogP contribution in [0.3, 0.4) is 0 Å². The van der Waals surface area contributed by atoms with Crippen LogP contribution in [0.25, 0.3) is 0 Å². The van der Waals surface area contributed by atoms with Crippen LogP contribution in [0.1, 0.15) is 17.7 Å². The van der Waals surface area contributed by atoms with Crippen LogP contribution in [0.2, 0.25) is 0 Å². The second-order valence-corrected chi connectivity index (χ2v) is 4.29. The van der Waals surface area contributed by atoms with Crippen molar-refractivity contribution in [3.8, 4) is 0 Å². The molecule has 2 N–H and O–H groups in total. The highest BCUT2D eigenvalue weighted by atomic mass is 32.2. The van der Waals surface area contributed by atoms with Crippen molar-refractivity contribution in [3.05, 3.63) is 23.1 Å². The third-order valence-electron chi connectivity index (χ3n) is 1.59. The summed E-state index contributed by atoms with van der Waals surface area (Å²) in [6.07, 6.45) is -3.29. The predicted octanol–water partition coefficient (Wildman–Crippen LogP) is 1.11. The minimum atomic E-state index is -4.45. The van der Waals surface area contributed by atoms with Gasteiger partial charge in [0.05, 0.1) is 5.56 Å². The van der Waals surface area contributed by atoms with Crippen molar-refractivity contribution >= 4 is 10.0 Å². The molecule has 0 fully saturated rings. The molecular weight excluding hydrogens is 233 g/mol. The number of nitrogens with two attached hydrogens (primary N) is 1. The lowest BCUT2D eigenvalue weighted by atomic mass is 10.2. The second-order valence-electron chi connectivity index (χ2n) is 2.81. The van der Waals surface area contributed by atoms with Gasteiger partial charge in [0.2, 0.25) is 0 Å². The number of hydrogen-bond acceptors (Lipinski definition) is 3. The average molecular weight is 240 g/mol. The van der Waals surface area contributed by atoms with Crippen LogP contribution >= 0.6 is 0 Å². The van der Waals surface area contributed by atoms with E-state index in [0.717, 1.165) is 6.07 Å². The van der Waals surface area contributed by atoms with Gasteiger partial charge in [-0.15, -0.1) is 0 Å². The maximum atomic E-state index is 13.1. The van der Waals surface area contributed by atoms with Crippen molar-refractivity contribution in [2.45, 2.75) is 18.4 Å². The summed E-state index contributed by atoms with van der Waals surface area (Å²) in [4.78, 5) is 3.29. The lowest BCUT2D eigenvalue weighted by Gasteiger charge is -2.07. The van der Waals surface area contributed by atoms with E-state index in [4.69, 9.17) is 0 Å². The third-order valence-corrected chi connectivity index (χ3v) is 2.44. The van der Waals surface area contributed by atoms with Gasteiger partial charge in [-0.05, 0) is 13.0 Å². The Morgan fingerprint density at radius 3 is 2.40 bits per heavy atom. The summed E-state index contributed by atoms with van der Waals surface area (Å²) in [5.41, 5.74) is -1.33. The van der Waals surface area contributed by atoms with E-state index in [2.05, 4.69) is 10.1 Å². The number of hydrogen-bond donors (Lipinski definition) is 1. The lowest BCUT2D eigenvalue weighted by molar-refractivity contribution is 0.141. The van der Waals surface area contributed by atoms with Crippen molar-refractivity contribution in [1.82, 2.24) is 4.98 Å². The molecule has 84 valence electrons. The molecule has 0 saturated heterocycles. The van der Waals surface area contributed by atoms with Crippen LogP contribution in [0.15, 0.2) is 11.1 Å². The van der Waals surface area contributed by atoms with Crippen molar-refractivity contribution < 1.29 is 21.6 Å². The molecule has 0 atom stereocenters. The number of pyridine rings is 1. The first-order valence-corrected chi connectivity index (χ1v) is 5.26. The van der Waals surface area contributed by atoms with Crippen LogP contribution in [-0.4, -0.2) is 13.4 Å². The molecule has 0 unspecified atom stereocenters. The van der Waals surface area contributed by atoms with Gasteiger partial charge < -0.3 is 0 Å². The predicted molar refractivity (Wildman–Crippen MR) is 45.3 cm³/mol. The van der Waals surface area contributed by atoms with E-state index in [1.165, 1.54) is 6.92 Å². The topological polar surface area (TPSA) is 73.1 Å². The van der Waals surface area contributed by atoms with Crippen molar-refractivity contribution in [3.63, 3.8) is 0 Å². The smallest absolute Gasteiger partial charge is 0.240 e. The summed E-state index contributed by atoms with van der Waals surface area (Å²) in [6, 6.07) is 0.718. The molecule has 15 heavy (non-hydrogen) atoms. The molecule has 0 aliphatic rings. The molecule has 1 aromatic heterocycles. The van der Waals surface area contributed by atoms with E-state index in [1.807, 2.05) is 0 Å². The van der Waals surface area contributed by atoms with Crippen LogP contribution in [-0.2, 0) is 10.0 Å². The highest BCUT2D eigenvalue weighted by molar-refractivity contribution is 7.89. The molecule has 4 nitrogen and oxygen atoms in total. The summed E-state index contributed by atoms with van der Waals surface area (Å²) >= 11 is 0. The Kier molecular flexibility index (Phi) is 3.00. The fourth-order valence-corrected chi connectivity index (χ4v) is 1.79. The number of halogens is 3. The lowest BCUT2D eigenvalue weighted by Crippen LogP contribution is -2.18. The van der Waals surface area contributed by atoms with Crippen molar-refractivity contribution in [2.24, 2.45) is 5.14 Å². The van der Waals surface area contributed by atoms with Gasteiger partial charge in [-0.2, -0.15) is 0 Å². The monoisotopic (exact) mass is 240 g/mol. The van der Waals surface area contributed by atoms with E-state index in [1.54, 1.807) is 0 Å². The van der Waals surface area contributed by atoms with Gasteiger partial charge in [0.25, 0.3) is 16.4 Å². The van der Waals surface area contributed by atoms with Gasteiger partial charge in [0, 0.05) is 5.69 Å². The molecule has 1 aromatic rings. The zero-order valence-electron chi connectivity index (χ0n) is 7.54. The molecule has 0 amide bonds. The van der Waals surface area contributed by atoms with Gasteiger partial charge >= 0.3 is 0 Å². The van der Waals surface area contributed by atoms with Crippen LogP contribution in [0, 0.1) is 12.7 Å². The van der Waals surface area contributed by atoms with E-state index < -0.39 is 32.9 Å². The van der Waals surface area contributed by atoms with Gasteiger partial charge in [0.15, 0.2) is 5.03 Å². The van der Waals surface area contributed by atoms with Crippen molar-refractivity contribution in [2.75, 3.05) is 0 Å². The summed E-state index contributed by atoms with van der Waals surface area (Å²) in [5.74, 6) is -1.33. The largest absolute Gasteiger partial charge is 0.269 e. The molecule has 0 aromatic carbocycles. The Bertz CT molecular complexity index is 487. The summed E-state index contributed by atoms with van der Waals surface area (Å²) in [5, 5.41) is 3.53. The molecule has 0 aliphatic carbocycles. The number of aromatic nitrogens is 1. The normalized spacial score (nSPS) is 12.1. The molecule has 8 heteroatoms. The number of primary sulfonamides is 1. The van der Waals surface area contributed by atoms with Gasteiger partial charge in [-0.3, -0.25) is 0 Å². The number of sulfonamides is 1. The first-order chi connectivity index (χ1) is 6.73. The average Bonchev–Trinajstić information content (AvgIpc) is 1.99. The van der Waals surface area contributed by atoms with Crippen molar-refractivity contribution in [1.29, 1.82) is 0 Å². The first-order valence-electron chi connectivity index (χ1n) is 3.71. The standard InChI is InChI=1S/C7H7F3N2O2S/c1-3-2-4(8)5(6(9)10)7(12-3)15(11,13)14/h2,6H,1H3,(H2,11,13,14). The Balaban J connectivity index is 3.62. The first kappa shape index (κ1) is 11.9. The Morgan fingerprint density at radius 2 is 2.00 bits per heavy atom. The summed E-state index contributed by atoms with van der Waals surface area (Å²) in [6.45, 7) is 1.27. The molecule has 0 spiro atoms. The molecular formula is C7H7F3N2O2S. The molecule has 1 rings (SSSR count). The highest BCUT2D eigenvalue weighted by Crippen LogP contribution is 2.27. The quantitative estimate of drug-likeness (QED) is 0.841. The van der Waals surface area contributed by atoms with E-state index in [-0.39, 0.29) is 5.69 Å². The summed E-state index contributed by atoms with van der Waals surface area (Å²) in [7, 11) is -4.45. The molecule has 0 bridgehead atoms. The summed E-state index contributed by atoms with van der Waals surface area (Å²) < 4.78 is 59.5. The number of alkyl halides is 2.